The van der Waals surface area contributed by atoms with Crippen molar-refractivity contribution in [3.8, 4) is 0 Å². The van der Waals surface area contributed by atoms with Gasteiger partial charge in [0.05, 0.1) is 19.3 Å². The average molecular weight is 142 g/mol. The van der Waals surface area contributed by atoms with Crippen molar-refractivity contribution < 1.29 is 14.3 Å². The molecule has 0 atom stereocenters. The number of cyclic esters (lactones) is 1. The lowest BCUT2D eigenvalue weighted by atomic mass is 10.3. The van der Waals surface area contributed by atoms with Crippen molar-refractivity contribution in [2.45, 2.75) is 13.3 Å². The van der Waals surface area contributed by atoms with E-state index in [-0.39, 0.29) is 5.97 Å². The summed E-state index contributed by atoms with van der Waals surface area (Å²) in [6.45, 7) is 2.95. The molecule has 0 spiro atoms. The number of esters is 1. The van der Waals surface area contributed by atoms with E-state index in [4.69, 9.17) is 4.74 Å². The highest BCUT2D eigenvalue weighted by atomic mass is 16.5. The van der Waals surface area contributed by atoms with E-state index in [9.17, 15) is 4.79 Å². The second-order valence-electron chi connectivity index (χ2n) is 1.96. The lowest BCUT2D eigenvalue weighted by Gasteiger charge is -2.12. The van der Waals surface area contributed by atoms with Crippen LogP contribution in [0.5, 0.6) is 0 Å². The molecule has 56 valence electrons. The van der Waals surface area contributed by atoms with E-state index in [1.54, 1.807) is 0 Å². The van der Waals surface area contributed by atoms with Crippen LogP contribution in [0.15, 0.2) is 11.8 Å². The van der Waals surface area contributed by atoms with Gasteiger partial charge >= 0.3 is 5.97 Å². The number of hydrogen-bond acceptors (Lipinski definition) is 3. The van der Waals surface area contributed by atoms with Gasteiger partial charge in [0, 0.05) is 6.42 Å². The zero-order valence-electron chi connectivity index (χ0n) is 5.92. The molecule has 3 nitrogen and oxygen atoms in total. The van der Waals surface area contributed by atoms with Crippen LogP contribution in [-0.4, -0.2) is 19.2 Å². The fraction of sp³-hybridized carbons (Fsp3) is 0.571. The number of ether oxygens (including phenoxy) is 2. The van der Waals surface area contributed by atoms with Crippen molar-refractivity contribution in [1.29, 1.82) is 0 Å². The van der Waals surface area contributed by atoms with E-state index >= 15 is 0 Å². The molecule has 0 bridgehead atoms. The zero-order valence-corrected chi connectivity index (χ0v) is 5.92. The highest BCUT2D eigenvalue weighted by molar-refractivity contribution is 5.83. The average Bonchev–Trinajstić information content (AvgIpc) is 1.88. The van der Waals surface area contributed by atoms with Crippen LogP contribution in [0.1, 0.15) is 13.3 Å². The minimum absolute atomic E-state index is 0.297. The molecule has 3 heteroatoms. The highest BCUT2D eigenvalue weighted by Gasteiger charge is 2.10. The monoisotopic (exact) mass is 142 g/mol. The Hall–Kier alpha value is -0.990. The minimum atomic E-state index is -0.297. The maximum absolute atomic E-state index is 10.6. The molecule has 0 saturated heterocycles. The Morgan fingerprint density at radius 2 is 2.60 bits per heavy atom. The Morgan fingerprint density at radius 1 is 1.80 bits per heavy atom. The van der Waals surface area contributed by atoms with Crippen molar-refractivity contribution in [3.63, 3.8) is 0 Å². The molecule has 0 N–H and O–H groups in total. The Bertz CT molecular complexity index is 160. The van der Waals surface area contributed by atoms with Gasteiger partial charge in [0.2, 0.25) is 0 Å². The first kappa shape index (κ1) is 7.12. The first-order valence-electron chi connectivity index (χ1n) is 3.33. The van der Waals surface area contributed by atoms with Gasteiger partial charge in [0.15, 0.2) is 0 Å². The molecule has 0 aliphatic carbocycles. The summed E-state index contributed by atoms with van der Waals surface area (Å²) >= 11 is 0. The van der Waals surface area contributed by atoms with Crippen LogP contribution >= 0.6 is 0 Å². The summed E-state index contributed by atoms with van der Waals surface area (Å²) in [6.07, 6.45) is 2.10. The second-order valence-corrected chi connectivity index (χ2v) is 1.96. The van der Waals surface area contributed by atoms with Gasteiger partial charge in [-0.05, 0) is 6.92 Å². The Kier molecular flexibility index (Phi) is 2.31. The van der Waals surface area contributed by atoms with Gasteiger partial charge in [-0.3, -0.25) is 0 Å². The number of carbonyl (C=O) groups excluding carboxylic acids is 1. The van der Waals surface area contributed by atoms with Gasteiger partial charge in [-0.1, -0.05) is 0 Å². The van der Waals surface area contributed by atoms with E-state index in [1.165, 1.54) is 6.08 Å². The molecular weight excluding hydrogens is 132 g/mol. The number of carbonyl (C=O) groups is 1. The molecule has 0 aromatic rings. The predicted molar refractivity (Wildman–Crippen MR) is 35.3 cm³/mol. The summed E-state index contributed by atoms with van der Waals surface area (Å²) in [7, 11) is 0. The molecule has 0 amide bonds. The molecule has 0 fully saturated rings. The van der Waals surface area contributed by atoms with Gasteiger partial charge in [0.1, 0.15) is 5.76 Å². The normalized spacial score (nSPS) is 17.7. The maximum atomic E-state index is 10.6. The van der Waals surface area contributed by atoms with Crippen LogP contribution in [0.4, 0.5) is 0 Å². The Balaban J connectivity index is 2.49. The van der Waals surface area contributed by atoms with Gasteiger partial charge in [-0.25, -0.2) is 4.79 Å². The second kappa shape index (κ2) is 3.25. The smallest absolute Gasteiger partial charge is 0.334 e. The number of rotatable bonds is 2. The van der Waals surface area contributed by atoms with E-state index in [2.05, 4.69) is 4.74 Å². The molecule has 1 aliphatic rings. The fourth-order valence-electron chi connectivity index (χ4n) is 0.797. The third-order valence-corrected chi connectivity index (χ3v) is 1.20. The minimum Gasteiger partial charge on any atom is -0.498 e. The number of hydrogen-bond donors (Lipinski definition) is 0. The molecular formula is C7H10O3. The van der Waals surface area contributed by atoms with Crippen molar-refractivity contribution >= 4 is 5.97 Å². The van der Waals surface area contributed by atoms with Crippen LogP contribution in [-0.2, 0) is 14.3 Å². The van der Waals surface area contributed by atoms with Crippen molar-refractivity contribution in [1.82, 2.24) is 0 Å². The van der Waals surface area contributed by atoms with Crippen LogP contribution in [0, 0.1) is 0 Å². The van der Waals surface area contributed by atoms with E-state index in [1.807, 2.05) is 6.92 Å². The van der Waals surface area contributed by atoms with Gasteiger partial charge in [-0.15, -0.1) is 0 Å². The van der Waals surface area contributed by atoms with Gasteiger partial charge in [-0.2, -0.15) is 0 Å². The Morgan fingerprint density at radius 3 is 3.20 bits per heavy atom. The third kappa shape index (κ3) is 1.76. The van der Waals surface area contributed by atoms with Crippen LogP contribution in [0.3, 0.4) is 0 Å². The fourth-order valence-corrected chi connectivity index (χ4v) is 0.797. The summed E-state index contributed by atoms with van der Waals surface area (Å²) in [4.78, 5) is 10.6. The summed E-state index contributed by atoms with van der Waals surface area (Å²) < 4.78 is 9.77. The summed E-state index contributed by atoms with van der Waals surface area (Å²) in [5.41, 5.74) is 0. The molecule has 1 heterocycles. The first-order chi connectivity index (χ1) is 4.83. The molecule has 0 saturated carbocycles. The lowest BCUT2D eigenvalue weighted by molar-refractivity contribution is -0.139. The van der Waals surface area contributed by atoms with E-state index in [0.717, 1.165) is 5.76 Å². The summed E-state index contributed by atoms with van der Waals surface area (Å²) in [6, 6.07) is 0. The maximum Gasteiger partial charge on any atom is 0.334 e. The van der Waals surface area contributed by atoms with Crippen LogP contribution in [0.25, 0.3) is 0 Å². The van der Waals surface area contributed by atoms with Crippen molar-refractivity contribution in [3.05, 3.63) is 11.8 Å². The highest BCUT2D eigenvalue weighted by Crippen LogP contribution is 2.08. The Labute approximate surface area is 59.6 Å². The predicted octanol–water partition coefficient (Wildman–Crippen LogP) is 0.854. The lowest BCUT2D eigenvalue weighted by Crippen LogP contribution is -2.12. The molecule has 0 unspecified atom stereocenters. The SMILES string of the molecule is CCOC1=CC(=O)OCC1. The van der Waals surface area contributed by atoms with Crippen molar-refractivity contribution in [2.24, 2.45) is 0 Å². The van der Waals surface area contributed by atoms with Crippen LogP contribution < -0.4 is 0 Å². The topological polar surface area (TPSA) is 35.5 Å². The summed E-state index contributed by atoms with van der Waals surface area (Å²) in [5, 5.41) is 0. The largest absolute Gasteiger partial charge is 0.498 e. The molecule has 1 aliphatic heterocycles. The standard InChI is InChI=1S/C7H10O3/c1-2-9-6-3-4-10-7(8)5-6/h5H,2-4H2,1H3. The quantitative estimate of drug-likeness (QED) is 0.536. The molecule has 0 radical (unpaired) electrons. The van der Waals surface area contributed by atoms with E-state index in [0.29, 0.717) is 19.6 Å². The summed E-state index contributed by atoms with van der Waals surface area (Å²) in [5.74, 6) is 0.438. The van der Waals surface area contributed by atoms with Crippen molar-refractivity contribution in [2.75, 3.05) is 13.2 Å². The molecule has 0 aromatic heterocycles. The first-order valence-corrected chi connectivity index (χ1v) is 3.33. The van der Waals surface area contributed by atoms with Gasteiger partial charge in [0.25, 0.3) is 0 Å². The molecule has 1 rings (SSSR count). The van der Waals surface area contributed by atoms with E-state index < -0.39 is 0 Å². The third-order valence-electron chi connectivity index (χ3n) is 1.20. The van der Waals surface area contributed by atoms with Crippen LogP contribution in [0.2, 0.25) is 0 Å². The van der Waals surface area contributed by atoms with Gasteiger partial charge < -0.3 is 9.47 Å². The molecule has 10 heavy (non-hydrogen) atoms. The molecule has 0 aromatic carbocycles. The zero-order chi connectivity index (χ0) is 7.40.